The van der Waals surface area contributed by atoms with E-state index in [2.05, 4.69) is 17.0 Å². The lowest BCUT2D eigenvalue weighted by Gasteiger charge is -2.02. The predicted octanol–water partition coefficient (Wildman–Crippen LogP) is 1.64. The summed E-state index contributed by atoms with van der Waals surface area (Å²) in [6, 6.07) is 3.62. The first-order valence-electron chi connectivity index (χ1n) is 3.81. The lowest BCUT2D eigenvalue weighted by atomic mass is 10.3. The number of carbonyl (C=O) groups is 2. The van der Waals surface area contributed by atoms with Crippen molar-refractivity contribution in [2.45, 2.75) is 0 Å². The molecule has 6 heteroatoms. The Hall–Kier alpha value is -1.75. The molecule has 1 aromatic rings. The van der Waals surface area contributed by atoms with Crippen LogP contribution in [0.3, 0.4) is 0 Å². The molecule has 0 saturated carbocycles. The van der Waals surface area contributed by atoms with Crippen molar-refractivity contribution in [2.24, 2.45) is 4.99 Å². The maximum atomic E-state index is 12.9. The first kappa shape index (κ1) is 11.3. The van der Waals surface area contributed by atoms with Crippen molar-refractivity contribution in [3.05, 3.63) is 29.0 Å². The van der Waals surface area contributed by atoms with E-state index < -0.39 is 17.6 Å². The molecule has 0 aromatic heterocycles. The van der Waals surface area contributed by atoms with Crippen molar-refractivity contribution in [1.82, 2.24) is 0 Å². The minimum absolute atomic E-state index is 0.0684. The van der Waals surface area contributed by atoms with Crippen LogP contribution >= 0.6 is 11.6 Å². The number of nitrogens with one attached hydrogen (secondary N) is 1. The molecule has 15 heavy (non-hydrogen) atoms. The van der Waals surface area contributed by atoms with E-state index in [9.17, 15) is 14.0 Å². The molecule has 0 aliphatic carbocycles. The standard InChI is InChI=1S/C9H6ClFN2O2/c1-12-8(14)9(15)13-5-2-3-6(10)7(11)4-5/h2-4H,1H2,(H,13,15). The first-order valence-corrected chi connectivity index (χ1v) is 4.19. The minimum atomic E-state index is -1.04. The average Bonchev–Trinajstić information content (AvgIpc) is 2.22. The summed E-state index contributed by atoms with van der Waals surface area (Å²) in [5.41, 5.74) is 0.124. The SMILES string of the molecule is C=NC(=O)C(=O)Nc1ccc(Cl)c(F)c1. The van der Waals surface area contributed by atoms with Crippen LogP contribution in [0.4, 0.5) is 10.1 Å². The van der Waals surface area contributed by atoms with Crippen LogP contribution < -0.4 is 5.32 Å². The molecule has 0 aliphatic heterocycles. The summed E-state index contributed by atoms with van der Waals surface area (Å²) in [7, 11) is 0. The van der Waals surface area contributed by atoms with Gasteiger partial charge in [-0.25, -0.2) is 9.38 Å². The minimum Gasteiger partial charge on any atom is -0.318 e. The lowest BCUT2D eigenvalue weighted by molar-refractivity contribution is -0.133. The van der Waals surface area contributed by atoms with Gasteiger partial charge in [0.15, 0.2) is 0 Å². The zero-order valence-corrected chi connectivity index (χ0v) is 8.21. The first-order chi connectivity index (χ1) is 7.04. The third kappa shape index (κ3) is 2.85. The van der Waals surface area contributed by atoms with Gasteiger partial charge in [0.1, 0.15) is 5.82 Å². The molecule has 0 fully saturated rings. The molecule has 0 saturated heterocycles. The quantitative estimate of drug-likeness (QED) is 0.587. The van der Waals surface area contributed by atoms with Crippen LogP contribution in [0, 0.1) is 5.82 Å². The Bertz CT molecular complexity index is 434. The van der Waals surface area contributed by atoms with Crippen molar-refractivity contribution in [3.8, 4) is 0 Å². The Morgan fingerprint density at radius 1 is 1.47 bits per heavy atom. The molecular formula is C9H6ClFN2O2. The van der Waals surface area contributed by atoms with Gasteiger partial charge >= 0.3 is 11.8 Å². The highest BCUT2D eigenvalue weighted by Crippen LogP contribution is 2.18. The zero-order valence-electron chi connectivity index (χ0n) is 7.46. The summed E-state index contributed by atoms with van der Waals surface area (Å²) < 4.78 is 12.9. The molecule has 0 bridgehead atoms. The molecular weight excluding hydrogens is 223 g/mol. The number of hydrogen-bond donors (Lipinski definition) is 1. The topological polar surface area (TPSA) is 58.5 Å². The van der Waals surface area contributed by atoms with Crippen LogP contribution in [-0.2, 0) is 9.59 Å². The summed E-state index contributed by atoms with van der Waals surface area (Å²) in [4.78, 5) is 24.6. The Balaban J connectivity index is 2.82. The van der Waals surface area contributed by atoms with Gasteiger partial charge in [-0.2, -0.15) is 0 Å². The van der Waals surface area contributed by atoms with E-state index in [0.717, 1.165) is 6.07 Å². The largest absolute Gasteiger partial charge is 0.334 e. The molecule has 78 valence electrons. The summed E-state index contributed by atoms with van der Waals surface area (Å²) >= 11 is 5.42. The number of halogens is 2. The molecule has 0 spiro atoms. The van der Waals surface area contributed by atoms with Gasteiger partial charge < -0.3 is 5.32 Å². The fraction of sp³-hybridized carbons (Fsp3) is 0. The molecule has 1 aromatic carbocycles. The summed E-state index contributed by atoms with van der Waals surface area (Å²) in [6.07, 6.45) is 0. The maximum Gasteiger partial charge on any atom is 0.334 e. The van der Waals surface area contributed by atoms with Crippen LogP contribution in [0.2, 0.25) is 5.02 Å². The van der Waals surface area contributed by atoms with Gasteiger partial charge in [-0.15, -0.1) is 0 Å². The fourth-order valence-electron chi connectivity index (χ4n) is 0.830. The number of nitrogens with zero attached hydrogens (tertiary/aromatic N) is 1. The summed E-state index contributed by atoms with van der Waals surface area (Å²) in [5, 5.41) is 2.07. The number of aliphatic imine (C=N–C) groups is 1. The third-order valence-corrected chi connectivity index (χ3v) is 1.82. The van der Waals surface area contributed by atoms with Crippen LogP contribution in [0.5, 0.6) is 0 Å². The second-order valence-electron chi connectivity index (χ2n) is 2.55. The smallest absolute Gasteiger partial charge is 0.318 e. The van der Waals surface area contributed by atoms with Gasteiger partial charge in [0.2, 0.25) is 0 Å². The molecule has 0 aliphatic rings. The Morgan fingerprint density at radius 2 is 2.13 bits per heavy atom. The molecule has 0 atom stereocenters. The van der Waals surface area contributed by atoms with Gasteiger partial charge in [-0.3, -0.25) is 9.59 Å². The molecule has 0 unspecified atom stereocenters. The number of rotatable bonds is 1. The normalized spacial score (nSPS) is 9.47. The third-order valence-electron chi connectivity index (χ3n) is 1.52. The second-order valence-corrected chi connectivity index (χ2v) is 2.95. The summed E-state index contributed by atoms with van der Waals surface area (Å²) in [5.74, 6) is -2.70. The number of anilines is 1. The van der Waals surface area contributed by atoms with Gasteiger partial charge in [-0.1, -0.05) is 11.6 Å². The van der Waals surface area contributed by atoms with Crippen molar-refractivity contribution < 1.29 is 14.0 Å². The molecule has 4 nitrogen and oxygen atoms in total. The fourth-order valence-corrected chi connectivity index (χ4v) is 0.948. The predicted molar refractivity (Wildman–Crippen MR) is 54.6 cm³/mol. The molecule has 1 N–H and O–H groups in total. The van der Waals surface area contributed by atoms with Crippen LogP contribution in [0.25, 0.3) is 0 Å². The van der Waals surface area contributed by atoms with Crippen LogP contribution in [-0.4, -0.2) is 18.5 Å². The highest BCUT2D eigenvalue weighted by atomic mass is 35.5. The van der Waals surface area contributed by atoms with E-state index in [-0.39, 0.29) is 10.7 Å². The molecule has 1 rings (SSSR count). The Morgan fingerprint density at radius 3 is 2.67 bits per heavy atom. The monoisotopic (exact) mass is 228 g/mol. The van der Waals surface area contributed by atoms with Gasteiger partial charge in [0.25, 0.3) is 0 Å². The van der Waals surface area contributed by atoms with Crippen LogP contribution in [0.15, 0.2) is 23.2 Å². The van der Waals surface area contributed by atoms with Crippen LogP contribution in [0.1, 0.15) is 0 Å². The zero-order chi connectivity index (χ0) is 11.4. The number of benzene rings is 1. The molecule has 2 amide bonds. The number of amides is 2. The van der Waals surface area contributed by atoms with E-state index in [1.807, 2.05) is 0 Å². The van der Waals surface area contributed by atoms with Gasteiger partial charge in [0.05, 0.1) is 5.02 Å². The lowest BCUT2D eigenvalue weighted by Crippen LogP contribution is -2.20. The highest BCUT2D eigenvalue weighted by Gasteiger charge is 2.11. The average molecular weight is 229 g/mol. The Labute approximate surface area is 89.8 Å². The number of carbonyl (C=O) groups excluding carboxylic acids is 2. The molecule has 0 radical (unpaired) electrons. The van der Waals surface area contributed by atoms with Gasteiger partial charge in [0, 0.05) is 5.69 Å². The maximum absolute atomic E-state index is 12.9. The van der Waals surface area contributed by atoms with E-state index in [1.165, 1.54) is 12.1 Å². The van der Waals surface area contributed by atoms with Crippen molar-refractivity contribution in [1.29, 1.82) is 0 Å². The van der Waals surface area contributed by atoms with Gasteiger partial charge in [-0.05, 0) is 24.9 Å². The van der Waals surface area contributed by atoms with Crippen molar-refractivity contribution in [3.63, 3.8) is 0 Å². The van der Waals surface area contributed by atoms with Crippen molar-refractivity contribution in [2.75, 3.05) is 5.32 Å². The number of hydrogen-bond acceptors (Lipinski definition) is 2. The second kappa shape index (κ2) is 4.65. The summed E-state index contributed by atoms with van der Waals surface area (Å²) in [6.45, 7) is 2.90. The van der Waals surface area contributed by atoms with E-state index in [0.29, 0.717) is 0 Å². The van der Waals surface area contributed by atoms with E-state index in [4.69, 9.17) is 11.6 Å². The highest BCUT2D eigenvalue weighted by molar-refractivity contribution is 6.40. The van der Waals surface area contributed by atoms with E-state index in [1.54, 1.807) is 0 Å². The molecule has 0 heterocycles. The van der Waals surface area contributed by atoms with E-state index >= 15 is 0 Å². The Kier molecular flexibility index (Phi) is 3.51. The van der Waals surface area contributed by atoms with Crippen molar-refractivity contribution >= 4 is 35.8 Å².